The molecule has 0 fully saturated rings. The van der Waals surface area contributed by atoms with E-state index in [0.29, 0.717) is 0 Å². The first-order valence-corrected chi connectivity index (χ1v) is 4.24. The van der Waals surface area contributed by atoms with Crippen LogP contribution in [0.25, 0.3) is 0 Å². The minimum atomic E-state index is 1.02. The fourth-order valence-corrected chi connectivity index (χ4v) is 0.579. The largest absolute Gasteiger partial charge is 0.306 e. The van der Waals surface area contributed by atoms with Crippen molar-refractivity contribution in [3.63, 3.8) is 0 Å². The number of nitrogens with zero attached hydrogens (tertiary/aromatic N) is 1. The molecule has 2 heteroatoms. The van der Waals surface area contributed by atoms with Gasteiger partial charge in [-0.2, -0.15) is 0 Å². The average molecular weight is 140 g/mol. The van der Waals surface area contributed by atoms with Crippen LogP contribution in [0.3, 0.4) is 0 Å². The van der Waals surface area contributed by atoms with Crippen LogP contribution in [0.5, 0.6) is 0 Å². The highest BCUT2D eigenvalue weighted by molar-refractivity contribution is 6.76. The van der Waals surface area contributed by atoms with E-state index in [9.17, 15) is 0 Å². The molecule has 0 amide bonds. The van der Waals surface area contributed by atoms with Crippen molar-refractivity contribution in [3.8, 4) is 0 Å². The minimum absolute atomic E-state index is 1.02. The van der Waals surface area contributed by atoms with Crippen LogP contribution < -0.4 is 0 Å². The highest BCUT2D eigenvalue weighted by atomic mass is 14.7. The van der Waals surface area contributed by atoms with Crippen molar-refractivity contribution in [2.24, 2.45) is 4.99 Å². The standard InChI is InChI=1S/C4H7BN.2C2H6/c1-4-5-2-3-6-4;2*1-2/h2-3H2,1H3;2*1-2H3. The van der Waals surface area contributed by atoms with Crippen LogP contribution in [0.2, 0.25) is 6.32 Å². The van der Waals surface area contributed by atoms with Crippen LogP contribution in [0, 0.1) is 0 Å². The lowest BCUT2D eigenvalue weighted by Crippen LogP contribution is -1.93. The van der Waals surface area contributed by atoms with E-state index >= 15 is 0 Å². The average Bonchev–Trinajstić information content (AvgIpc) is 2.48. The number of hydrogen-bond acceptors (Lipinski definition) is 1. The van der Waals surface area contributed by atoms with Gasteiger partial charge in [0.2, 0.25) is 0 Å². The Morgan fingerprint density at radius 3 is 1.80 bits per heavy atom. The highest BCUT2D eigenvalue weighted by Crippen LogP contribution is 1.92. The van der Waals surface area contributed by atoms with Gasteiger partial charge >= 0.3 is 0 Å². The summed E-state index contributed by atoms with van der Waals surface area (Å²) in [5.41, 5.74) is 1.20. The molecule has 0 atom stereocenters. The molecule has 1 heterocycles. The molecule has 0 N–H and O–H groups in total. The topological polar surface area (TPSA) is 12.4 Å². The third-order valence-electron chi connectivity index (χ3n) is 0.930. The summed E-state index contributed by atoms with van der Waals surface area (Å²) in [5, 5.41) is 0. The van der Waals surface area contributed by atoms with E-state index in [4.69, 9.17) is 0 Å². The predicted molar refractivity (Wildman–Crippen MR) is 51.2 cm³/mol. The Kier molecular flexibility index (Phi) is 14.3. The zero-order valence-electron chi connectivity index (χ0n) is 7.94. The van der Waals surface area contributed by atoms with E-state index < -0.39 is 0 Å². The van der Waals surface area contributed by atoms with Gasteiger partial charge in [0, 0.05) is 6.54 Å². The van der Waals surface area contributed by atoms with Gasteiger partial charge in [0.25, 0.3) is 0 Å². The van der Waals surface area contributed by atoms with Crippen molar-refractivity contribution >= 4 is 12.9 Å². The zero-order chi connectivity index (χ0) is 8.41. The fraction of sp³-hybridized carbons (Fsp3) is 0.875. The lowest BCUT2D eigenvalue weighted by atomic mass is 9.73. The molecule has 59 valence electrons. The maximum absolute atomic E-state index is 4.10. The SMILES string of the molecule is CC.CC.CC1=NCC[B]1. The Balaban J connectivity index is 0. The normalized spacial score (nSPS) is 13.1. The highest BCUT2D eigenvalue weighted by Gasteiger charge is 1.99. The number of rotatable bonds is 0. The van der Waals surface area contributed by atoms with E-state index in [1.54, 1.807) is 0 Å². The zero-order valence-corrected chi connectivity index (χ0v) is 7.94. The second kappa shape index (κ2) is 11.5. The van der Waals surface area contributed by atoms with Crippen molar-refractivity contribution in [2.75, 3.05) is 6.54 Å². The third-order valence-corrected chi connectivity index (χ3v) is 0.930. The first kappa shape index (κ1) is 12.4. The third kappa shape index (κ3) is 7.73. The van der Waals surface area contributed by atoms with Crippen molar-refractivity contribution in [1.82, 2.24) is 0 Å². The Morgan fingerprint density at radius 1 is 1.20 bits per heavy atom. The maximum atomic E-state index is 4.10. The number of aliphatic imine (C=N–C) groups is 1. The molecule has 1 rings (SSSR count). The lowest BCUT2D eigenvalue weighted by molar-refractivity contribution is 1.15. The van der Waals surface area contributed by atoms with Crippen molar-refractivity contribution in [3.05, 3.63) is 0 Å². The molecule has 1 aliphatic rings. The summed E-state index contributed by atoms with van der Waals surface area (Å²) in [6.07, 6.45) is 1.16. The molecule has 0 aliphatic carbocycles. The summed E-state index contributed by atoms with van der Waals surface area (Å²) < 4.78 is 0. The van der Waals surface area contributed by atoms with Gasteiger partial charge in [-0.15, -0.1) is 0 Å². The van der Waals surface area contributed by atoms with Crippen molar-refractivity contribution < 1.29 is 0 Å². The molecular formula is C8H19BN. The number of hydrogen-bond donors (Lipinski definition) is 0. The van der Waals surface area contributed by atoms with Gasteiger partial charge in [0.05, 0.1) is 0 Å². The van der Waals surface area contributed by atoms with Crippen molar-refractivity contribution in [1.29, 1.82) is 0 Å². The van der Waals surface area contributed by atoms with Gasteiger partial charge in [-0.3, -0.25) is 0 Å². The molecule has 1 radical (unpaired) electrons. The first-order valence-electron chi connectivity index (χ1n) is 4.24. The Labute approximate surface area is 66.2 Å². The smallest absolute Gasteiger partial charge is 0.172 e. The second-order valence-electron chi connectivity index (χ2n) is 1.52. The van der Waals surface area contributed by atoms with Crippen LogP contribution in [0.4, 0.5) is 0 Å². The predicted octanol–water partition coefficient (Wildman–Crippen LogP) is 2.59. The first-order chi connectivity index (χ1) is 4.89. The maximum Gasteiger partial charge on any atom is 0.172 e. The molecule has 1 aliphatic heterocycles. The summed E-state index contributed by atoms with van der Waals surface area (Å²) in [5.74, 6) is 0. The Morgan fingerprint density at radius 2 is 1.70 bits per heavy atom. The summed E-state index contributed by atoms with van der Waals surface area (Å²) in [7, 11) is 2.15. The van der Waals surface area contributed by atoms with Gasteiger partial charge in [-0.25, -0.2) is 0 Å². The molecule has 10 heavy (non-hydrogen) atoms. The van der Waals surface area contributed by atoms with Gasteiger partial charge in [-0.05, 0) is 12.5 Å². The molecule has 0 unspecified atom stereocenters. The van der Waals surface area contributed by atoms with Crippen molar-refractivity contribution in [2.45, 2.75) is 40.9 Å². The van der Waals surface area contributed by atoms with Crippen LogP contribution in [-0.2, 0) is 0 Å². The lowest BCUT2D eigenvalue weighted by Gasteiger charge is -1.74. The van der Waals surface area contributed by atoms with Gasteiger partial charge in [0.1, 0.15) is 0 Å². The molecule has 0 aromatic carbocycles. The molecule has 0 bridgehead atoms. The minimum Gasteiger partial charge on any atom is -0.306 e. The summed E-state index contributed by atoms with van der Waals surface area (Å²) in [4.78, 5) is 4.10. The molecule has 0 saturated heterocycles. The van der Waals surface area contributed by atoms with E-state index in [0.717, 1.165) is 12.9 Å². The van der Waals surface area contributed by atoms with Crippen LogP contribution in [-0.4, -0.2) is 19.4 Å². The Hall–Kier alpha value is -0.265. The quantitative estimate of drug-likeness (QED) is 0.458. The summed E-state index contributed by atoms with van der Waals surface area (Å²) in [6, 6.07) is 0. The van der Waals surface area contributed by atoms with E-state index in [1.807, 2.05) is 34.6 Å². The molecule has 0 spiro atoms. The molecule has 0 saturated carbocycles. The van der Waals surface area contributed by atoms with Gasteiger partial charge < -0.3 is 4.99 Å². The van der Waals surface area contributed by atoms with Crippen LogP contribution in [0.15, 0.2) is 4.99 Å². The summed E-state index contributed by atoms with van der Waals surface area (Å²) >= 11 is 0. The molecular weight excluding hydrogens is 121 g/mol. The summed E-state index contributed by atoms with van der Waals surface area (Å²) in [6.45, 7) is 11.1. The molecule has 0 aromatic heterocycles. The molecule has 1 nitrogen and oxygen atoms in total. The molecule has 0 aromatic rings. The van der Waals surface area contributed by atoms with E-state index in [1.165, 1.54) is 5.61 Å². The Bertz CT molecular complexity index is 79.3. The monoisotopic (exact) mass is 140 g/mol. The fourth-order valence-electron chi connectivity index (χ4n) is 0.579. The second-order valence-corrected chi connectivity index (χ2v) is 1.52. The van der Waals surface area contributed by atoms with Gasteiger partial charge in [0.15, 0.2) is 7.28 Å². The van der Waals surface area contributed by atoms with Gasteiger partial charge in [-0.1, -0.05) is 34.0 Å². The van der Waals surface area contributed by atoms with Crippen LogP contribution in [0.1, 0.15) is 34.6 Å². The van der Waals surface area contributed by atoms with E-state index in [-0.39, 0.29) is 0 Å². The van der Waals surface area contributed by atoms with E-state index in [2.05, 4.69) is 12.3 Å². The van der Waals surface area contributed by atoms with Crippen LogP contribution >= 0.6 is 0 Å².